The summed E-state index contributed by atoms with van der Waals surface area (Å²) in [6, 6.07) is 9.65. The van der Waals surface area contributed by atoms with Crippen LogP contribution in [0.2, 0.25) is 0 Å². The third-order valence-electron chi connectivity index (χ3n) is 4.97. The van der Waals surface area contributed by atoms with Crippen LogP contribution in [0.4, 0.5) is 10.8 Å². The maximum absolute atomic E-state index is 12.6. The lowest BCUT2D eigenvalue weighted by atomic mass is 9.95. The molecule has 0 unspecified atom stereocenters. The molecule has 1 aromatic carbocycles. The van der Waals surface area contributed by atoms with Crippen LogP contribution in [0.15, 0.2) is 58.3 Å². The predicted octanol–water partition coefficient (Wildman–Crippen LogP) is 3.50. The van der Waals surface area contributed by atoms with Crippen LogP contribution < -0.4 is 10.0 Å². The molecule has 0 saturated carbocycles. The highest BCUT2D eigenvalue weighted by atomic mass is 32.2. The Hall–Kier alpha value is -2.76. The molecule has 0 atom stereocenters. The van der Waals surface area contributed by atoms with Crippen LogP contribution in [-0.2, 0) is 14.8 Å². The first kappa shape index (κ1) is 21.5. The fourth-order valence-electron chi connectivity index (χ4n) is 3.31. The number of piperidine rings is 1. The van der Waals surface area contributed by atoms with Crippen molar-refractivity contribution in [3.63, 3.8) is 0 Å². The van der Waals surface area contributed by atoms with Crippen LogP contribution in [0.1, 0.15) is 22.5 Å². The van der Waals surface area contributed by atoms with E-state index in [0.717, 1.165) is 0 Å². The number of thiazole rings is 1. The Morgan fingerprint density at radius 1 is 1.03 bits per heavy atom. The lowest BCUT2D eigenvalue weighted by Crippen LogP contribution is -2.41. The van der Waals surface area contributed by atoms with Gasteiger partial charge in [0.25, 0.3) is 15.9 Å². The molecule has 2 N–H and O–H groups in total. The molecule has 3 heterocycles. The van der Waals surface area contributed by atoms with E-state index in [2.05, 4.69) is 15.0 Å². The maximum Gasteiger partial charge on any atom is 0.263 e. The highest BCUT2D eigenvalue weighted by Crippen LogP contribution is 2.23. The minimum atomic E-state index is -3.73. The number of anilines is 2. The molecule has 1 aliphatic rings. The van der Waals surface area contributed by atoms with Gasteiger partial charge in [-0.15, -0.1) is 22.7 Å². The van der Waals surface area contributed by atoms with Crippen molar-refractivity contribution in [2.24, 2.45) is 5.92 Å². The molecule has 8 nitrogen and oxygen atoms in total. The van der Waals surface area contributed by atoms with E-state index in [0.29, 0.717) is 41.6 Å². The molecule has 1 fully saturated rings. The number of nitrogens with zero attached hydrogens (tertiary/aromatic N) is 2. The van der Waals surface area contributed by atoms with Gasteiger partial charge in [-0.05, 0) is 48.6 Å². The molecule has 3 aromatic rings. The average Bonchev–Trinajstić information content (AvgIpc) is 3.48. The third-order valence-corrected chi connectivity index (χ3v) is 8.00. The number of aromatic nitrogens is 1. The molecule has 0 aliphatic carbocycles. The number of likely N-dealkylation sites (tertiary alicyclic amines) is 1. The van der Waals surface area contributed by atoms with Gasteiger partial charge in [-0.2, -0.15) is 0 Å². The Kier molecular flexibility index (Phi) is 6.35. The zero-order valence-electron chi connectivity index (χ0n) is 16.4. The van der Waals surface area contributed by atoms with Crippen molar-refractivity contribution in [3.05, 3.63) is 58.2 Å². The number of rotatable bonds is 6. The van der Waals surface area contributed by atoms with Gasteiger partial charge in [-0.25, -0.2) is 13.4 Å². The number of thiophene rings is 1. The van der Waals surface area contributed by atoms with Crippen molar-refractivity contribution in [3.8, 4) is 0 Å². The normalized spacial score (nSPS) is 14.9. The highest BCUT2D eigenvalue weighted by Gasteiger charge is 2.28. The number of benzene rings is 1. The number of nitrogens with one attached hydrogen (secondary N) is 2. The predicted molar refractivity (Wildman–Crippen MR) is 121 cm³/mol. The summed E-state index contributed by atoms with van der Waals surface area (Å²) in [6.07, 6.45) is 2.70. The summed E-state index contributed by atoms with van der Waals surface area (Å²) in [5, 5.41) is 6.69. The summed E-state index contributed by atoms with van der Waals surface area (Å²) in [4.78, 5) is 31.5. The van der Waals surface area contributed by atoms with Crippen LogP contribution in [-0.4, -0.2) is 43.2 Å². The summed E-state index contributed by atoms with van der Waals surface area (Å²) in [5.41, 5.74) is 0.523. The average molecular weight is 477 g/mol. The number of hydrogen-bond donors (Lipinski definition) is 2. The SMILES string of the molecule is O=C(Nc1ccc(S(=O)(=O)Nc2nccs2)cc1)C1CCN(C(=O)c2cccs2)CC1. The Bertz CT molecular complexity index is 1140. The van der Waals surface area contributed by atoms with Crippen LogP contribution in [0.3, 0.4) is 0 Å². The topological polar surface area (TPSA) is 108 Å². The first-order valence-corrected chi connectivity index (χ1v) is 12.8. The van der Waals surface area contributed by atoms with Gasteiger partial charge < -0.3 is 10.2 Å². The molecule has 1 aliphatic heterocycles. The first-order valence-electron chi connectivity index (χ1n) is 9.58. The molecule has 0 bridgehead atoms. The third kappa shape index (κ3) is 5.12. The van der Waals surface area contributed by atoms with E-state index < -0.39 is 10.0 Å². The standard InChI is InChI=1S/C20H20N4O4S3/c25-18(14-7-10-24(11-8-14)19(26)17-2-1-12-29-17)22-15-3-5-16(6-4-15)31(27,28)23-20-21-9-13-30-20/h1-6,9,12-14H,7-8,10-11H2,(H,21,23)(H,22,25). The maximum atomic E-state index is 12.6. The lowest BCUT2D eigenvalue weighted by Gasteiger charge is -2.31. The van der Waals surface area contributed by atoms with Crippen molar-refractivity contribution in [2.45, 2.75) is 17.7 Å². The molecule has 1 saturated heterocycles. The molecular formula is C20H20N4O4S3. The summed E-state index contributed by atoms with van der Waals surface area (Å²) in [5.74, 6) is -0.306. The molecule has 2 aromatic heterocycles. The molecule has 2 amide bonds. The monoisotopic (exact) mass is 476 g/mol. The van der Waals surface area contributed by atoms with Crippen molar-refractivity contribution in [2.75, 3.05) is 23.1 Å². The molecule has 162 valence electrons. The van der Waals surface area contributed by atoms with E-state index in [1.165, 1.54) is 41.0 Å². The summed E-state index contributed by atoms with van der Waals surface area (Å²) in [6.45, 7) is 1.07. The van der Waals surface area contributed by atoms with Crippen LogP contribution in [0.25, 0.3) is 0 Å². The van der Waals surface area contributed by atoms with Gasteiger partial charge in [0.15, 0.2) is 5.13 Å². The number of hydrogen-bond acceptors (Lipinski definition) is 7. The summed E-state index contributed by atoms with van der Waals surface area (Å²) < 4.78 is 27.2. The van der Waals surface area contributed by atoms with Gasteiger partial charge >= 0.3 is 0 Å². The van der Waals surface area contributed by atoms with Crippen molar-refractivity contribution in [1.29, 1.82) is 0 Å². The largest absolute Gasteiger partial charge is 0.338 e. The number of amides is 2. The summed E-state index contributed by atoms with van der Waals surface area (Å²) >= 11 is 2.61. The van der Waals surface area contributed by atoms with Gasteiger partial charge in [0, 0.05) is 36.3 Å². The first-order chi connectivity index (χ1) is 14.9. The van der Waals surface area contributed by atoms with E-state index in [-0.39, 0.29) is 22.6 Å². The quantitative estimate of drug-likeness (QED) is 0.566. The van der Waals surface area contributed by atoms with E-state index in [1.54, 1.807) is 22.4 Å². The minimum absolute atomic E-state index is 0.0111. The highest BCUT2D eigenvalue weighted by molar-refractivity contribution is 7.93. The number of carbonyl (C=O) groups excluding carboxylic acids is 2. The second kappa shape index (κ2) is 9.16. The van der Waals surface area contributed by atoms with Crippen LogP contribution >= 0.6 is 22.7 Å². The van der Waals surface area contributed by atoms with Crippen molar-refractivity contribution < 1.29 is 18.0 Å². The molecule has 0 spiro atoms. The number of carbonyl (C=O) groups is 2. The Morgan fingerprint density at radius 3 is 2.39 bits per heavy atom. The fourth-order valence-corrected chi connectivity index (χ4v) is 5.79. The zero-order chi connectivity index (χ0) is 21.8. The van der Waals surface area contributed by atoms with Gasteiger partial charge in [-0.1, -0.05) is 6.07 Å². The lowest BCUT2D eigenvalue weighted by molar-refractivity contribution is -0.121. The van der Waals surface area contributed by atoms with E-state index in [9.17, 15) is 18.0 Å². The van der Waals surface area contributed by atoms with Crippen molar-refractivity contribution >= 4 is 55.3 Å². The van der Waals surface area contributed by atoms with Gasteiger partial charge in [0.05, 0.1) is 9.77 Å². The Morgan fingerprint density at radius 2 is 1.77 bits per heavy atom. The second-order valence-corrected chi connectivity index (χ2v) is 10.5. The minimum Gasteiger partial charge on any atom is -0.338 e. The van der Waals surface area contributed by atoms with Crippen LogP contribution in [0, 0.1) is 5.92 Å². The molecule has 31 heavy (non-hydrogen) atoms. The zero-order valence-corrected chi connectivity index (χ0v) is 18.8. The van der Waals surface area contributed by atoms with E-state index in [1.807, 2.05) is 17.5 Å². The molecular weight excluding hydrogens is 456 g/mol. The van der Waals surface area contributed by atoms with Crippen molar-refractivity contribution in [1.82, 2.24) is 9.88 Å². The van der Waals surface area contributed by atoms with Gasteiger partial charge in [0.1, 0.15) is 0 Å². The molecule has 11 heteroatoms. The number of sulfonamides is 1. The summed E-state index contributed by atoms with van der Waals surface area (Å²) in [7, 11) is -3.73. The van der Waals surface area contributed by atoms with Gasteiger partial charge in [-0.3, -0.25) is 14.3 Å². The van der Waals surface area contributed by atoms with E-state index in [4.69, 9.17) is 0 Å². The molecule has 4 rings (SSSR count). The smallest absolute Gasteiger partial charge is 0.263 e. The molecule has 0 radical (unpaired) electrons. The van der Waals surface area contributed by atoms with Crippen LogP contribution in [0.5, 0.6) is 0 Å². The Labute approximate surface area is 188 Å². The second-order valence-electron chi connectivity index (χ2n) is 7.00. The van der Waals surface area contributed by atoms with E-state index >= 15 is 0 Å². The van der Waals surface area contributed by atoms with Gasteiger partial charge in [0.2, 0.25) is 5.91 Å². The fraction of sp³-hybridized carbons (Fsp3) is 0.250. The Balaban J connectivity index is 1.31.